The Morgan fingerprint density at radius 1 is 1.35 bits per heavy atom. The van der Waals surface area contributed by atoms with Crippen molar-refractivity contribution >= 4 is 22.0 Å². The first-order valence-electron chi connectivity index (χ1n) is 8.31. The maximum atomic E-state index is 5.84. The molecule has 126 valence electrons. The van der Waals surface area contributed by atoms with Gasteiger partial charge in [-0.05, 0) is 55.8 Å². The van der Waals surface area contributed by atoms with E-state index in [2.05, 4.69) is 38.3 Å². The summed E-state index contributed by atoms with van der Waals surface area (Å²) in [5.41, 5.74) is 2.48. The van der Waals surface area contributed by atoms with Gasteiger partial charge in [-0.15, -0.1) is 0 Å². The summed E-state index contributed by atoms with van der Waals surface area (Å²) in [5, 5.41) is 3.70. The molecule has 4 nitrogen and oxygen atoms in total. The molecule has 3 rings (SSSR count). The minimum absolute atomic E-state index is 0.610. The lowest BCUT2D eigenvalue weighted by Crippen LogP contribution is -2.44. The van der Waals surface area contributed by atoms with Gasteiger partial charge in [-0.25, -0.2) is 0 Å². The Morgan fingerprint density at radius 3 is 2.96 bits per heavy atom. The molecule has 2 aliphatic heterocycles. The van der Waals surface area contributed by atoms with Gasteiger partial charge < -0.3 is 19.7 Å². The molecule has 0 amide bonds. The monoisotopic (exact) mass is 380 g/mol. The van der Waals surface area contributed by atoms with Crippen LogP contribution in [-0.2, 0) is 4.74 Å². The first kappa shape index (κ1) is 17.0. The molecular formula is C18H25BrN2O2. The number of rotatable bonds is 6. The van der Waals surface area contributed by atoms with Crippen molar-refractivity contribution in [3.05, 3.63) is 33.8 Å². The van der Waals surface area contributed by atoms with Crippen molar-refractivity contribution in [2.75, 3.05) is 46.5 Å². The van der Waals surface area contributed by atoms with E-state index in [9.17, 15) is 0 Å². The fourth-order valence-electron chi connectivity index (χ4n) is 3.15. The summed E-state index contributed by atoms with van der Waals surface area (Å²) in [6.45, 7) is 5.80. The molecule has 0 bridgehead atoms. The third-order valence-corrected chi connectivity index (χ3v) is 5.05. The largest absolute Gasteiger partial charge is 0.489 e. The van der Waals surface area contributed by atoms with Crippen molar-refractivity contribution in [3.63, 3.8) is 0 Å². The molecule has 0 aromatic heterocycles. The van der Waals surface area contributed by atoms with Gasteiger partial charge in [0.2, 0.25) is 0 Å². The van der Waals surface area contributed by atoms with Crippen LogP contribution in [0.1, 0.15) is 18.4 Å². The highest BCUT2D eigenvalue weighted by molar-refractivity contribution is 9.10. The van der Waals surface area contributed by atoms with Crippen LogP contribution >= 0.6 is 15.9 Å². The second-order valence-electron chi connectivity index (χ2n) is 6.26. The standard InChI is InChI=1S/C18H25BrN2O2/c1-22-9-8-21-6-4-17(5-7-21)20-12-14-10-15-11-16(19)2-3-18(15)23-13-14/h2-3,10-11,17,20H,4-9,12-13H2,1H3. The average molecular weight is 381 g/mol. The van der Waals surface area contributed by atoms with Crippen LogP contribution in [0.2, 0.25) is 0 Å². The van der Waals surface area contributed by atoms with Crippen LogP contribution in [0.5, 0.6) is 5.75 Å². The first-order chi connectivity index (χ1) is 11.2. The Balaban J connectivity index is 1.46. The van der Waals surface area contributed by atoms with Gasteiger partial charge in [-0.3, -0.25) is 0 Å². The van der Waals surface area contributed by atoms with Crippen LogP contribution in [0, 0.1) is 0 Å². The molecule has 1 saturated heterocycles. The van der Waals surface area contributed by atoms with Gasteiger partial charge in [0.25, 0.3) is 0 Å². The van der Waals surface area contributed by atoms with Crippen LogP contribution in [-0.4, -0.2) is 57.4 Å². The molecule has 1 fully saturated rings. The van der Waals surface area contributed by atoms with Crippen molar-refractivity contribution in [1.29, 1.82) is 0 Å². The number of fused-ring (bicyclic) bond motifs is 1. The molecule has 2 heterocycles. The SMILES string of the molecule is COCCN1CCC(NCC2=Cc3cc(Br)ccc3OC2)CC1. The number of methoxy groups -OCH3 is 1. The Bertz CT molecular complexity index is 554. The lowest BCUT2D eigenvalue weighted by molar-refractivity contribution is 0.126. The lowest BCUT2D eigenvalue weighted by atomic mass is 10.0. The topological polar surface area (TPSA) is 33.7 Å². The van der Waals surface area contributed by atoms with Crippen LogP contribution in [0.4, 0.5) is 0 Å². The second-order valence-corrected chi connectivity index (χ2v) is 7.18. The van der Waals surface area contributed by atoms with E-state index in [-0.39, 0.29) is 0 Å². The van der Waals surface area contributed by atoms with Gasteiger partial charge in [0.05, 0.1) is 6.61 Å². The average Bonchev–Trinajstić information content (AvgIpc) is 2.58. The molecule has 1 N–H and O–H groups in total. The zero-order chi connectivity index (χ0) is 16.1. The van der Waals surface area contributed by atoms with E-state index >= 15 is 0 Å². The highest BCUT2D eigenvalue weighted by atomic mass is 79.9. The molecular weight excluding hydrogens is 356 g/mol. The Labute approximate surface area is 147 Å². The number of benzene rings is 1. The molecule has 0 spiro atoms. The summed E-state index contributed by atoms with van der Waals surface area (Å²) >= 11 is 3.52. The number of piperidine rings is 1. The van der Waals surface area contributed by atoms with Gasteiger partial charge in [0.1, 0.15) is 12.4 Å². The smallest absolute Gasteiger partial charge is 0.127 e. The Kier molecular flexibility index (Phi) is 6.11. The molecule has 23 heavy (non-hydrogen) atoms. The fraction of sp³-hybridized carbons (Fsp3) is 0.556. The zero-order valence-electron chi connectivity index (χ0n) is 13.7. The minimum atomic E-state index is 0.610. The number of halogens is 1. The van der Waals surface area contributed by atoms with E-state index in [0.717, 1.165) is 48.6 Å². The van der Waals surface area contributed by atoms with Crippen LogP contribution in [0.15, 0.2) is 28.2 Å². The van der Waals surface area contributed by atoms with Gasteiger partial charge in [-0.1, -0.05) is 15.9 Å². The van der Waals surface area contributed by atoms with E-state index in [1.165, 1.54) is 18.4 Å². The van der Waals surface area contributed by atoms with Crippen molar-refractivity contribution in [2.24, 2.45) is 0 Å². The van der Waals surface area contributed by atoms with Crippen LogP contribution < -0.4 is 10.1 Å². The Hall–Kier alpha value is -0.880. The quantitative estimate of drug-likeness (QED) is 0.822. The maximum Gasteiger partial charge on any atom is 0.127 e. The van der Waals surface area contributed by atoms with E-state index < -0.39 is 0 Å². The minimum Gasteiger partial charge on any atom is -0.489 e. The number of likely N-dealkylation sites (tertiary alicyclic amines) is 1. The third-order valence-electron chi connectivity index (χ3n) is 4.56. The lowest BCUT2D eigenvalue weighted by Gasteiger charge is -2.32. The number of nitrogens with one attached hydrogen (secondary N) is 1. The molecule has 1 aromatic carbocycles. The van der Waals surface area contributed by atoms with Crippen molar-refractivity contribution in [2.45, 2.75) is 18.9 Å². The predicted octanol–water partition coefficient (Wildman–Crippen LogP) is 2.93. The number of ether oxygens (including phenoxy) is 2. The normalized spacial score (nSPS) is 19.1. The molecule has 0 radical (unpaired) electrons. The van der Waals surface area contributed by atoms with Gasteiger partial charge in [0, 0.05) is 36.3 Å². The maximum absolute atomic E-state index is 5.84. The van der Waals surface area contributed by atoms with Gasteiger partial charge in [0.15, 0.2) is 0 Å². The Morgan fingerprint density at radius 2 is 2.17 bits per heavy atom. The van der Waals surface area contributed by atoms with Crippen molar-refractivity contribution < 1.29 is 9.47 Å². The number of hydrogen-bond acceptors (Lipinski definition) is 4. The highest BCUT2D eigenvalue weighted by Crippen LogP contribution is 2.29. The molecule has 1 aromatic rings. The predicted molar refractivity (Wildman–Crippen MR) is 97.0 cm³/mol. The molecule has 0 unspecified atom stereocenters. The summed E-state index contributed by atoms with van der Waals surface area (Å²) in [4.78, 5) is 2.48. The summed E-state index contributed by atoms with van der Waals surface area (Å²) < 4.78 is 12.1. The summed E-state index contributed by atoms with van der Waals surface area (Å²) in [6.07, 6.45) is 4.67. The summed E-state index contributed by atoms with van der Waals surface area (Å²) in [6, 6.07) is 6.77. The zero-order valence-corrected chi connectivity index (χ0v) is 15.3. The molecule has 0 saturated carbocycles. The van der Waals surface area contributed by atoms with E-state index in [4.69, 9.17) is 9.47 Å². The first-order valence-corrected chi connectivity index (χ1v) is 9.10. The fourth-order valence-corrected chi connectivity index (χ4v) is 3.53. The van der Waals surface area contributed by atoms with Crippen molar-refractivity contribution in [1.82, 2.24) is 10.2 Å². The molecule has 0 aliphatic carbocycles. The summed E-state index contributed by atoms with van der Waals surface area (Å²) in [7, 11) is 1.77. The highest BCUT2D eigenvalue weighted by Gasteiger charge is 2.19. The molecule has 2 aliphatic rings. The van der Waals surface area contributed by atoms with Crippen LogP contribution in [0.25, 0.3) is 6.08 Å². The van der Waals surface area contributed by atoms with E-state index in [1.807, 2.05) is 12.1 Å². The van der Waals surface area contributed by atoms with Gasteiger partial charge in [-0.2, -0.15) is 0 Å². The van der Waals surface area contributed by atoms with Crippen LogP contribution in [0.3, 0.4) is 0 Å². The van der Waals surface area contributed by atoms with E-state index in [0.29, 0.717) is 12.6 Å². The molecule has 0 atom stereocenters. The van der Waals surface area contributed by atoms with E-state index in [1.54, 1.807) is 7.11 Å². The number of nitrogens with zero attached hydrogens (tertiary/aromatic N) is 1. The number of hydrogen-bond donors (Lipinski definition) is 1. The van der Waals surface area contributed by atoms with Crippen molar-refractivity contribution in [3.8, 4) is 5.75 Å². The molecule has 5 heteroatoms. The third kappa shape index (κ3) is 4.80. The second kappa shape index (κ2) is 8.29. The summed E-state index contributed by atoms with van der Waals surface area (Å²) in [5.74, 6) is 0.975. The van der Waals surface area contributed by atoms with Gasteiger partial charge >= 0.3 is 0 Å².